The second kappa shape index (κ2) is 9.18. The van der Waals surface area contributed by atoms with Crippen molar-refractivity contribution in [3.05, 3.63) is 82.8 Å². The van der Waals surface area contributed by atoms with E-state index in [1.54, 1.807) is 6.08 Å². The Kier molecular flexibility index (Phi) is 6.01. The molecule has 2 aromatic rings. The molecule has 2 aromatic carbocycles. The number of hydrogen-bond acceptors (Lipinski definition) is 3. The van der Waals surface area contributed by atoms with Crippen LogP contribution in [0.2, 0.25) is 0 Å². The number of allylic oxidation sites excluding steroid dienone is 2. The van der Waals surface area contributed by atoms with Crippen LogP contribution in [0.15, 0.2) is 60.6 Å². The van der Waals surface area contributed by atoms with Crippen LogP contribution in [0.25, 0.3) is 0 Å². The number of nitrogens with zero attached hydrogens (tertiary/aromatic N) is 1. The molecule has 0 radical (unpaired) electrons. The zero-order valence-electron chi connectivity index (χ0n) is 20.7. The van der Waals surface area contributed by atoms with Crippen LogP contribution in [-0.4, -0.2) is 39.7 Å². The van der Waals surface area contributed by atoms with Gasteiger partial charge in [-0.3, -0.25) is 4.90 Å². The summed E-state index contributed by atoms with van der Waals surface area (Å²) in [6.45, 7) is 4.20. The molecule has 184 valence electrons. The molecule has 35 heavy (non-hydrogen) atoms. The molecular weight excluding hydrogens is 453 g/mol. The predicted octanol–water partition coefficient (Wildman–Crippen LogP) is 6.47. The molecule has 4 aliphatic rings. The summed E-state index contributed by atoms with van der Waals surface area (Å²) in [5.74, 6) is 7.27. The highest BCUT2D eigenvalue weighted by atomic mass is 32.2. The van der Waals surface area contributed by atoms with Gasteiger partial charge < -0.3 is 10.6 Å². The largest absolute Gasteiger partial charge is 0.378 e. The van der Waals surface area contributed by atoms with Crippen molar-refractivity contribution in [2.45, 2.75) is 57.7 Å². The first kappa shape index (κ1) is 22.9. The maximum atomic E-state index is 14.5. The van der Waals surface area contributed by atoms with Gasteiger partial charge in [0.2, 0.25) is 0 Å². The fourth-order valence-electron chi connectivity index (χ4n) is 6.15. The summed E-state index contributed by atoms with van der Waals surface area (Å²) < 4.78 is 14.5. The molecule has 0 bridgehead atoms. The third kappa shape index (κ3) is 4.34. The van der Waals surface area contributed by atoms with Crippen molar-refractivity contribution >= 4 is 31.3 Å². The Bertz CT molecular complexity index is 1330. The molecule has 0 amide bonds. The first-order valence-electron chi connectivity index (χ1n) is 13.0. The molecule has 1 aliphatic carbocycles. The van der Waals surface area contributed by atoms with Crippen molar-refractivity contribution in [3.8, 4) is 0 Å². The zero-order valence-corrected chi connectivity index (χ0v) is 21.5. The minimum Gasteiger partial charge on any atom is -0.378 e. The Hall–Kier alpha value is -2.50. The topological polar surface area (TPSA) is 27.3 Å². The standard InChI is InChI=1S/C30H36FN3S/c1-21-11-12-23(18-27(21)30-28(31)9-5-15-32-30)33-29-10-3-6-22-19-34(16-13-26(22)29)24-14-17-35(2,20-24)25-7-4-8-25/h3,5-6,9-12,15,18,24,30,32-33H,2,4,7-8,13-14,16-17,19-20H2,1H3. The first-order valence-corrected chi connectivity index (χ1v) is 15.1. The highest BCUT2D eigenvalue weighted by molar-refractivity contribution is 8.29. The van der Waals surface area contributed by atoms with Gasteiger partial charge >= 0.3 is 0 Å². The maximum Gasteiger partial charge on any atom is 0.127 e. The molecule has 2 N–H and O–H groups in total. The van der Waals surface area contributed by atoms with Crippen LogP contribution >= 0.6 is 9.21 Å². The zero-order chi connectivity index (χ0) is 24.0. The van der Waals surface area contributed by atoms with E-state index in [1.165, 1.54) is 60.1 Å². The van der Waals surface area contributed by atoms with Gasteiger partial charge in [-0.2, -0.15) is 0 Å². The molecule has 6 rings (SSSR count). The fourth-order valence-corrected chi connectivity index (χ4v) is 9.83. The Labute approximate surface area is 209 Å². The summed E-state index contributed by atoms with van der Waals surface area (Å²) in [6.07, 6.45) is 11.5. The molecule has 3 aliphatic heterocycles. The van der Waals surface area contributed by atoms with E-state index < -0.39 is 15.2 Å². The van der Waals surface area contributed by atoms with Crippen LogP contribution in [0.5, 0.6) is 0 Å². The lowest BCUT2D eigenvalue weighted by Gasteiger charge is -2.35. The van der Waals surface area contributed by atoms with Crippen molar-refractivity contribution in [3.63, 3.8) is 0 Å². The summed E-state index contributed by atoms with van der Waals surface area (Å²) in [6, 6.07) is 13.2. The average Bonchev–Trinajstić information content (AvgIpc) is 3.22. The number of halogens is 1. The van der Waals surface area contributed by atoms with E-state index in [0.29, 0.717) is 6.04 Å². The van der Waals surface area contributed by atoms with Crippen LogP contribution < -0.4 is 10.6 Å². The van der Waals surface area contributed by atoms with Crippen LogP contribution in [0.1, 0.15) is 54.0 Å². The molecular formula is C30H36FN3S. The van der Waals surface area contributed by atoms with Crippen molar-refractivity contribution in [1.82, 2.24) is 10.2 Å². The molecule has 3 heterocycles. The fraction of sp³-hybridized carbons (Fsp3) is 0.400. The lowest BCUT2D eigenvalue weighted by Crippen LogP contribution is -2.39. The number of hydrogen-bond donors (Lipinski definition) is 2. The molecule has 0 aromatic heterocycles. The lowest BCUT2D eigenvalue weighted by atomic mass is 9.95. The highest BCUT2D eigenvalue weighted by Gasteiger charge is 2.32. The van der Waals surface area contributed by atoms with Gasteiger partial charge in [-0.1, -0.05) is 28.9 Å². The Morgan fingerprint density at radius 1 is 1.17 bits per heavy atom. The van der Waals surface area contributed by atoms with Crippen molar-refractivity contribution < 1.29 is 4.39 Å². The van der Waals surface area contributed by atoms with Gasteiger partial charge in [0.15, 0.2) is 0 Å². The third-order valence-corrected chi connectivity index (χ3v) is 12.1. The Morgan fingerprint density at radius 2 is 2.06 bits per heavy atom. The number of anilines is 2. The van der Waals surface area contributed by atoms with Gasteiger partial charge in [0.25, 0.3) is 0 Å². The number of fused-ring (bicyclic) bond motifs is 1. The number of nitrogens with one attached hydrogen (secondary N) is 2. The van der Waals surface area contributed by atoms with Crippen LogP contribution in [-0.2, 0) is 13.0 Å². The average molecular weight is 490 g/mol. The van der Waals surface area contributed by atoms with E-state index in [0.717, 1.165) is 36.3 Å². The summed E-state index contributed by atoms with van der Waals surface area (Å²) in [5, 5.41) is 6.82. The number of dihydropyridines is 1. The minimum atomic E-state index is -0.719. The molecule has 3 nitrogen and oxygen atoms in total. The van der Waals surface area contributed by atoms with E-state index in [-0.39, 0.29) is 5.83 Å². The van der Waals surface area contributed by atoms with Crippen molar-refractivity contribution in [2.24, 2.45) is 0 Å². The molecule has 0 spiro atoms. The quantitative estimate of drug-likeness (QED) is 0.482. The van der Waals surface area contributed by atoms with E-state index in [1.807, 2.05) is 18.0 Å². The highest BCUT2D eigenvalue weighted by Crippen LogP contribution is 2.42. The van der Waals surface area contributed by atoms with Crippen LogP contribution in [0, 0.1) is 6.92 Å². The smallest absolute Gasteiger partial charge is 0.127 e. The van der Waals surface area contributed by atoms with Gasteiger partial charge in [-0.25, -0.2) is 13.6 Å². The molecule has 5 heteroatoms. The monoisotopic (exact) mass is 489 g/mol. The van der Waals surface area contributed by atoms with E-state index >= 15 is 0 Å². The number of rotatable bonds is 4. The molecule has 1 saturated carbocycles. The summed E-state index contributed by atoms with van der Waals surface area (Å²) in [5.41, 5.74) is 7.10. The summed E-state index contributed by atoms with van der Waals surface area (Å²) >= 11 is 0. The Balaban J connectivity index is 1.20. The van der Waals surface area contributed by atoms with Gasteiger partial charge in [-0.15, -0.1) is 0 Å². The Morgan fingerprint density at radius 3 is 2.86 bits per heavy atom. The molecule has 3 unspecified atom stereocenters. The second-order valence-electron chi connectivity index (χ2n) is 10.6. The van der Waals surface area contributed by atoms with Crippen molar-refractivity contribution in [2.75, 3.05) is 23.4 Å². The van der Waals surface area contributed by atoms with Gasteiger partial charge in [-0.05, 0) is 109 Å². The number of benzene rings is 2. The van der Waals surface area contributed by atoms with E-state index in [9.17, 15) is 4.39 Å². The third-order valence-electron chi connectivity index (χ3n) is 8.45. The summed E-state index contributed by atoms with van der Waals surface area (Å²) in [4.78, 5) is 4.54. The predicted molar refractivity (Wildman–Crippen MR) is 151 cm³/mol. The second-order valence-corrected chi connectivity index (χ2v) is 14.0. The van der Waals surface area contributed by atoms with E-state index in [2.05, 4.69) is 51.9 Å². The number of aryl methyl sites for hydroxylation is 1. The minimum absolute atomic E-state index is 0.152. The lowest BCUT2D eigenvalue weighted by molar-refractivity contribution is 0.195. The summed E-state index contributed by atoms with van der Waals surface area (Å²) in [7, 11) is -0.719. The van der Waals surface area contributed by atoms with Crippen molar-refractivity contribution in [1.29, 1.82) is 0 Å². The van der Waals surface area contributed by atoms with E-state index in [4.69, 9.17) is 5.87 Å². The van der Waals surface area contributed by atoms with Gasteiger partial charge in [0.05, 0.1) is 0 Å². The van der Waals surface area contributed by atoms with Gasteiger partial charge in [0.1, 0.15) is 11.9 Å². The molecule has 2 fully saturated rings. The molecule has 1 saturated heterocycles. The van der Waals surface area contributed by atoms with Gasteiger partial charge in [0, 0.05) is 30.5 Å². The van der Waals surface area contributed by atoms with Crippen LogP contribution in [0.4, 0.5) is 15.8 Å². The SMILES string of the molecule is C=S1(=C2CCC2)CCC(N2CCc3c(cccc3Nc3ccc(C)c(C4NC=CC=C4F)c3)C2)C1. The first-order chi connectivity index (χ1) is 17.0. The van der Waals surface area contributed by atoms with Crippen LogP contribution in [0.3, 0.4) is 0 Å². The normalized spacial score (nSPS) is 28.2. The molecule has 3 atom stereocenters. The maximum absolute atomic E-state index is 14.5.